The summed E-state index contributed by atoms with van der Waals surface area (Å²) in [6, 6.07) is 5.88. The number of likely N-dealkylation sites (tertiary alicyclic amines) is 1. The number of benzene rings is 1. The third-order valence-electron chi connectivity index (χ3n) is 5.83. The summed E-state index contributed by atoms with van der Waals surface area (Å²) in [5.41, 5.74) is 1.78. The topological polar surface area (TPSA) is 61.5 Å². The van der Waals surface area contributed by atoms with E-state index in [0.717, 1.165) is 54.1 Å². The highest BCUT2D eigenvalue weighted by Crippen LogP contribution is 2.49. The molecular formula is C17H22ClN3O2. The number of aromatic nitrogens is 2. The van der Waals surface area contributed by atoms with Crippen molar-refractivity contribution < 1.29 is 10.2 Å². The van der Waals surface area contributed by atoms with E-state index >= 15 is 0 Å². The van der Waals surface area contributed by atoms with Gasteiger partial charge >= 0.3 is 0 Å². The average Bonchev–Trinajstić information content (AvgIpc) is 2.86. The number of nitrogens with zero attached hydrogens (tertiary/aromatic N) is 3. The Balaban J connectivity index is 1.52. The lowest BCUT2D eigenvalue weighted by atomic mass is 9.58. The van der Waals surface area contributed by atoms with Crippen LogP contribution in [0.1, 0.15) is 25.0 Å². The molecule has 2 heterocycles. The van der Waals surface area contributed by atoms with Crippen LogP contribution in [0.5, 0.6) is 0 Å². The first kappa shape index (κ1) is 15.4. The highest BCUT2D eigenvalue weighted by molar-refractivity contribution is 6.35. The first-order valence-electron chi connectivity index (χ1n) is 8.20. The van der Waals surface area contributed by atoms with Gasteiger partial charge in [-0.05, 0) is 38.1 Å². The normalized spacial score (nSPS) is 27.5. The predicted octanol–water partition coefficient (Wildman–Crippen LogP) is 1.93. The van der Waals surface area contributed by atoms with Gasteiger partial charge in [-0.1, -0.05) is 17.7 Å². The van der Waals surface area contributed by atoms with Crippen LogP contribution in [0, 0.1) is 5.41 Å². The van der Waals surface area contributed by atoms with Crippen LogP contribution in [0.3, 0.4) is 0 Å². The number of fused-ring (bicyclic) bond motifs is 1. The van der Waals surface area contributed by atoms with Gasteiger partial charge in [0.05, 0.1) is 28.4 Å². The van der Waals surface area contributed by atoms with Crippen molar-refractivity contribution in [1.82, 2.24) is 14.7 Å². The second-order valence-corrected chi connectivity index (χ2v) is 7.39. The van der Waals surface area contributed by atoms with Gasteiger partial charge in [-0.25, -0.2) is 0 Å². The van der Waals surface area contributed by atoms with Crippen molar-refractivity contribution in [1.29, 1.82) is 0 Å². The van der Waals surface area contributed by atoms with E-state index in [1.807, 2.05) is 29.9 Å². The molecule has 1 aromatic heterocycles. The number of halogens is 1. The summed E-state index contributed by atoms with van der Waals surface area (Å²) in [6.45, 7) is 2.50. The van der Waals surface area contributed by atoms with Crippen LogP contribution in [-0.4, -0.2) is 50.2 Å². The first-order chi connectivity index (χ1) is 11.0. The molecule has 124 valence electrons. The molecule has 0 bridgehead atoms. The molecule has 5 nitrogen and oxygen atoms in total. The molecule has 0 radical (unpaired) electrons. The van der Waals surface area contributed by atoms with Gasteiger partial charge in [0.25, 0.3) is 0 Å². The van der Waals surface area contributed by atoms with Gasteiger partial charge in [0.1, 0.15) is 0 Å². The zero-order valence-electron chi connectivity index (χ0n) is 13.2. The first-order valence-corrected chi connectivity index (χ1v) is 8.57. The second kappa shape index (κ2) is 5.45. The summed E-state index contributed by atoms with van der Waals surface area (Å²) in [5, 5.41) is 26.5. The van der Waals surface area contributed by atoms with E-state index in [1.165, 1.54) is 0 Å². The molecule has 2 N–H and O–H groups in total. The number of piperidine rings is 1. The van der Waals surface area contributed by atoms with Crippen LogP contribution in [0.4, 0.5) is 0 Å². The Kier molecular flexibility index (Phi) is 3.65. The Morgan fingerprint density at radius 2 is 1.96 bits per heavy atom. The molecule has 1 saturated carbocycles. The Hall–Kier alpha value is -1.14. The minimum Gasteiger partial charge on any atom is -0.392 e. The molecule has 2 aromatic rings. The van der Waals surface area contributed by atoms with Gasteiger partial charge < -0.3 is 10.2 Å². The highest BCUT2D eigenvalue weighted by atomic mass is 35.5. The summed E-state index contributed by atoms with van der Waals surface area (Å²) in [4.78, 5) is 2.34. The molecule has 0 unspecified atom stereocenters. The fourth-order valence-electron chi connectivity index (χ4n) is 4.21. The molecule has 2 aliphatic rings. The average molecular weight is 336 g/mol. The monoisotopic (exact) mass is 335 g/mol. The molecule has 6 heteroatoms. The number of aliphatic hydroxyl groups excluding tert-OH is 2. The van der Waals surface area contributed by atoms with E-state index in [0.29, 0.717) is 6.42 Å². The Labute approximate surface area is 140 Å². The van der Waals surface area contributed by atoms with E-state index < -0.39 is 0 Å². The summed E-state index contributed by atoms with van der Waals surface area (Å²) in [5.74, 6) is 0. The number of hydrogen-bond donors (Lipinski definition) is 2. The maximum atomic E-state index is 10.0. The van der Waals surface area contributed by atoms with Gasteiger partial charge in [0.2, 0.25) is 0 Å². The fraction of sp³-hybridized carbons (Fsp3) is 0.588. The van der Waals surface area contributed by atoms with Crippen molar-refractivity contribution in [3.63, 3.8) is 0 Å². The molecule has 2 atom stereocenters. The molecule has 1 aliphatic heterocycles. The summed E-state index contributed by atoms with van der Waals surface area (Å²) < 4.78 is 1.88. The number of aryl methyl sites for hydroxylation is 1. The third kappa shape index (κ3) is 2.30. The minimum absolute atomic E-state index is 0.264. The molecule has 1 aromatic carbocycles. The van der Waals surface area contributed by atoms with E-state index in [-0.39, 0.29) is 17.6 Å². The molecule has 1 spiro atoms. The van der Waals surface area contributed by atoms with Gasteiger partial charge in [-0.2, -0.15) is 5.10 Å². The van der Waals surface area contributed by atoms with Crippen LogP contribution in [-0.2, 0) is 13.6 Å². The van der Waals surface area contributed by atoms with E-state index in [1.54, 1.807) is 0 Å². The number of rotatable bonds is 2. The minimum atomic E-state index is -0.343. The van der Waals surface area contributed by atoms with Crippen molar-refractivity contribution in [3.8, 4) is 0 Å². The van der Waals surface area contributed by atoms with Crippen molar-refractivity contribution in [2.24, 2.45) is 12.5 Å². The van der Waals surface area contributed by atoms with E-state index in [4.69, 9.17) is 11.6 Å². The second-order valence-electron chi connectivity index (χ2n) is 6.98. The molecule has 0 amide bonds. The molecule has 4 rings (SSSR count). The van der Waals surface area contributed by atoms with Crippen molar-refractivity contribution in [3.05, 3.63) is 28.9 Å². The molecule has 1 aliphatic carbocycles. The number of hydrogen-bond acceptors (Lipinski definition) is 4. The lowest BCUT2D eigenvalue weighted by Gasteiger charge is -2.55. The van der Waals surface area contributed by atoms with Crippen LogP contribution in [0.15, 0.2) is 18.2 Å². The largest absolute Gasteiger partial charge is 0.392 e. The lowest BCUT2D eigenvalue weighted by molar-refractivity contribution is -0.190. The van der Waals surface area contributed by atoms with Gasteiger partial charge in [0.15, 0.2) is 0 Å². The van der Waals surface area contributed by atoms with E-state index in [9.17, 15) is 10.2 Å². The zero-order chi connectivity index (χ0) is 16.2. The summed E-state index contributed by atoms with van der Waals surface area (Å²) in [6.07, 6.45) is 1.52. The van der Waals surface area contributed by atoms with Gasteiger partial charge in [-0.15, -0.1) is 0 Å². The maximum Gasteiger partial charge on any atom is 0.0858 e. The lowest BCUT2D eigenvalue weighted by Crippen LogP contribution is -2.61. The summed E-state index contributed by atoms with van der Waals surface area (Å²) >= 11 is 6.37. The Morgan fingerprint density at radius 3 is 2.61 bits per heavy atom. The van der Waals surface area contributed by atoms with Gasteiger partial charge in [0, 0.05) is 30.8 Å². The van der Waals surface area contributed by atoms with E-state index in [2.05, 4.69) is 10.00 Å². The Morgan fingerprint density at radius 1 is 1.26 bits per heavy atom. The van der Waals surface area contributed by atoms with Crippen LogP contribution < -0.4 is 0 Å². The molecule has 23 heavy (non-hydrogen) atoms. The molecule has 2 fully saturated rings. The van der Waals surface area contributed by atoms with Crippen molar-refractivity contribution >= 4 is 22.5 Å². The fourth-order valence-corrected chi connectivity index (χ4v) is 4.49. The highest BCUT2D eigenvalue weighted by Gasteiger charge is 2.54. The summed E-state index contributed by atoms with van der Waals surface area (Å²) in [7, 11) is 1.94. The predicted molar refractivity (Wildman–Crippen MR) is 89.3 cm³/mol. The number of aliphatic hydroxyl groups is 2. The van der Waals surface area contributed by atoms with Crippen molar-refractivity contribution in [2.75, 3.05) is 13.1 Å². The zero-order valence-corrected chi connectivity index (χ0v) is 14.0. The Bertz CT molecular complexity index is 727. The van der Waals surface area contributed by atoms with Crippen molar-refractivity contribution in [2.45, 2.75) is 38.0 Å². The van der Waals surface area contributed by atoms with Crippen LogP contribution in [0.2, 0.25) is 5.02 Å². The van der Waals surface area contributed by atoms with Gasteiger partial charge in [-0.3, -0.25) is 9.58 Å². The van der Waals surface area contributed by atoms with Crippen LogP contribution in [0.25, 0.3) is 10.9 Å². The standard InChI is InChI=1S/C17H22ClN3O2/c1-20-13-4-2-3-11(18)16(13)12(19-20)10-21-7-5-17(6-8-21)14(22)9-15(17)23/h2-4,14-15,22-23H,5-10H2,1H3/t14-,15+. The molecule has 1 saturated heterocycles. The quantitative estimate of drug-likeness (QED) is 0.880. The van der Waals surface area contributed by atoms with Crippen LogP contribution >= 0.6 is 11.6 Å². The molecular weight excluding hydrogens is 314 g/mol. The maximum absolute atomic E-state index is 10.0. The third-order valence-corrected chi connectivity index (χ3v) is 6.15. The SMILES string of the molecule is Cn1nc(CN2CCC3(CC2)[C@H](O)C[C@@H]3O)c2c(Cl)cccc21. The smallest absolute Gasteiger partial charge is 0.0858 e.